The Balaban J connectivity index is 0.000000861. The number of ether oxygens (including phenoxy) is 1. The van der Waals surface area contributed by atoms with Crippen molar-refractivity contribution in [3.05, 3.63) is 29.5 Å². The predicted molar refractivity (Wildman–Crippen MR) is 115 cm³/mol. The van der Waals surface area contributed by atoms with Crippen LogP contribution in [0.25, 0.3) is 10.9 Å². The van der Waals surface area contributed by atoms with Gasteiger partial charge >= 0.3 is 16.4 Å². The second-order valence-electron chi connectivity index (χ2n) is 7.69. The summed E-state index contributed by atoms with van der Waals surface area (Å²) in [6.07, 6.45) is 0. The number of carbonyl (C=O) groups excluding carboxylic acids is 1. The molecule has 0 saturated heterocycles. The van der Waals surface area contributed by atoms with Gasteiger partial charge in [0.2, 0.25) is 5.91 Å². The van der Waals surface area contributed by atoms with Crippen LogP contribution in [0.15, 0.2) is 18.2 Å². The number of hydrogen-bond donors (Lipinski definition) is 5. The maximum atomic E-state index is 12.3. The molecule has 172 valence electrons. The molecule has 31 heavy (non-hydrogen) atoms. The molecule has 0 radical (unpaired) electrons. The number of aromatic carboxylic acids is 1. The average Bonchev–Trinajstić information content (AvgIpc) is 2.57. The number of carboxylic acid groups (broad SMARTS) is 1. The normalized spacial score (nSPS) is 11.6. The lowest BCUT2D eigenvalue weighted by molar-refractivity contribution is -0.131. The molecular formula is C19H27N3O8S. The number of carboxylic acids is 1. The van der Waals surface area contributed by atoms with E-state index in [1.165, 1.54) is 0 Å². The second kappa shape index (κ2) is 9.90. The van der Waals surface area contributed by atoms with Crippen molar-refractivity contribution >= 4 is 38.9 Å². The molecule has 2 aromatic rings. The Hall–Kier alpha value is -2.96. The van der Waals surface area contributed by atoms with Crippen LogP contribution in [-0.2, 0) is 15.2 Å². The molecule has 0 atom stereocenters. The Morgan fingerprint density at radius 3 is 2.29 bits per heavy atom. The summed E-state index contributed by atoms with van der Waals surface area (Å²) in [6, 6.07) is 5.22. The smallest absolute Gasteiger partial charge is 0.394 e. The minimum absolute atomic E-state index is 0.0280. The van der Waals surface area contributed by atoms with Crippen LogP contribution in [0.4, 0.5) is 5.69 Å². The van der Waals surface area contributed by atoms with Crippen molar-refractivity contribution in [3.63, 3.8) is 0 Å². The Morgan fingerprint density at radius 2 is 1.81 bits per heavy atom. The quantitative estimate of drug-likeness (QED) is 0.402. The molecule has 0 aliphatic rings. The van der Waals surface area contributed by atoms with Crippen LogP contribution in [-0.4, -0.2) is 52.1 Å². The van der Waals surface area contributed by atoms with Crippen molar-refractivity contribution in [2.45, 2.75) is 40.7 Å². The zero-order chi connectivity index (χ0) is 24.1. The van der Waals surface area contributed by atoms with Crippen molar-refractivity contribution in [2.24, 2.45) is 5.41 Å². The fourth-order valence-electron chi connectivity index (χ4n) is 2.61. The number of aryl methyl sites for hydroxylation is 1. The number of fused-ring (bicyclic) bond motifs is 1. The summed E-state index contributed by atoms with van der Waals surface area (Å²) in [5, 5.41) is 12.7. The van der Waals surface area contributed by atoms with E-state index < -0.39 is 21.8 Å². The molecule has 0 bridgehead atoms. The summed E-state index contributed by atoms with van der Waals surface area (Å²) in [4.78, 5) is 28.1. The highest BCUT2D eigenvalue weighted by Crippen LogP contribution is 2.34. The molecule has 0 spiro atoms. The number of carbonyl (C=O) groups is 2. The van der Waals surface area contributed by atoms with Crippen molar-refractivity contribution in [1.29, 1.82) is 0 Å². The third kappa shape index (κ3) is 7.66. The molecule has 0 unspecified atom stereocenters. The van der Waals surface area contributed by atoms with E-state index in [9.17, 15) is 14.7 Å². The Labute approximate surface area is 180 Å². The van der Waals surface area contributed by atoms with Crippen LogP contribution in [0.2, 0.25) is 0 Å². The zero-order valence-corrected chi connectivity index (χ0v) is 18.6. The molecule has 0 fully saturated rings. The summed E-state index contributed by atoms with van der Waals surface area (Å²) in [7, 11) is -4.67. The summed E-state index contributed by atoms with van der Waals surface area (Å²) < 4.78 is 37.5. The monoisotopic (exact) mass is 457 g/mol. The van der Waals surface area contributed by atoms with Gasteiger partial charge in [-0.2, -0.15) is 8.42 Å². The van der Waals surface area contributed by atoms with Crippen LogP contribution >= 0.6 is 0 Å². The molecule has 2 rings (SSSR count). The number of pyridine rings is 1. The summed E-state index contributed by atoms with van der Waals surface area (Å²) in [6.45, 7) is 9.06. The first-order valence-electron chi connectivity index (χ1n) is 9.10. The van der Waals surface area contributed by atoms with Gasteiger partial charge in [-0.05, 0) is 46.8 Å². The highest BCUT2D eigenvalue weighted by molar-refractivity contribution is 7.79. The van der Waals surface area contributed by atoms with Crippen LogP contribution in [0.3, 0.4) is 0 Å². The number of nitrogen functional groups attached to an aromatic ring is 1. The van der Waals surface area contributed by atoms with Gasteiger partial charge in [-0.1, -0.05) is 6.07 Å². The maximum Gasteiger partial charge on any atom is 0.394 e. The summed E-state index contributed by atoms with van der Waals surface area (Å²) in [5.41, 5.74) is 6.30. The highest BCUT2D eigenvalue weighted by atomic mass is 32.3. The molecule has 0 aliphatic heterocycles. The Morgan fingerprint density at radius 1 is 1.26 bits per heavy atom. The maximum absolute atomic E-state index is 12.3. The number of aromatic nitrogens is 1. The van der Waals surface area contributed by atoms with E-state index >= 15 is 0 Å². The number of hydrogen-bond acceptors (Lipinski definition) is 7. The van der Waals surface area contributed by atoms with Crippen LogP contribution in [0.5, 0.6) is 5.75 Å². The first kappa shape index (κ1) is 26.1. The number of anilines is 1. The molecule has 11 nitrogen and oxygen atoms in total. The van der Waals surface area contributed by atoms with E-state index in [-0.39, 0.29) is 29.8 Å². The van der Waals surface area contributed by atoms with Gasteiger partial charge in [0.05, 0.1) is 27.7 Å². The number of benzene rings is 1. The Kier molecular flexibility index (Phi) is 8.33. The summed E-state index contributed by atoms with van der Waals surface area (Å²) >= 11 is 0. The molecule has 0 aliphatic carbocycles. The van der Waals surface area contributed by atoms with Gasteiger partial charge in [-0.3, -0.25) is 18.9 Å². The van der Waals surface area contributed by atoms with Gasteiger partial charge in [0.15, 0.2) is 0 Å². The topological polar surface area (TPSA) is 189 Å². The van der Waals surface area contributed by atoms with Gasteiger partial charge in [0.25, 0.3) is 0 Å². The minimum atomic E-state index is -4.67. The lowest BCUT2D eigenvalue weighted by Crippen LogP contribution is -2.43. The van der Waals surface area contributed by atoms with E-state index in [0.717, 1.165) is 0 Å². The number of nitrogens with two attached hydrogens (primary N) is 1. The van der Waals surface area contributed by atoms with Crippen molar-refractivity contribution < 1.29 is 37.0 Å². The van der Waals surface area contributed by atoms with Gasteiger partial charge in [-0.25, -0.2) is 4.79 Å². The SMILES string of the molecule is Cc1nc2cccc(OCC(C)(C)C(=O)NC(C)C)c2c(N)c1C(=O)O.O=S(=O)(O)O. The van der Waals surface area contributed by atoms with E-state index in [2.05, 4.69) is 10.3 Å². The molecule has 12 heteroatoms. The lowest BCUT2D eigenvalue weighted by atomic mass is 9.93. The van der Waals surface area contributed by atoms with E-state index in [0.29, 0.717) is 22.3 Å². The number of nitrogens with one attached hydrogen (secondary N) is 1. The molecule has 1 amide bonds. The largest absolute Gasteiger partial charge is 0.492 e. The van der Waals surface area contributed by atoms with Crippen LogP contribution < -0.4 is 15.8 Å². The second-order valence-corrected chi connectivity index (χ2v) is 8.59. The van der Waals surface area contributed by atoms with Crippen LogP contribution in [0, 0.1) is 12.3 Å². The molecule has 6 N–H and O–H groups in total. The lowest BCUT2D eigenvalue weighted by Gasteiger charge is -2.25. The number of nitrogens with zero attached hydrogens (tertiary/aromatic N) is 1. The number of rotatable bonds is 6. The molecular weight excluding hydrogens is 430 g/mol. The third-order valence-electron chi connectivity index (χ3n) is 4.03. The van der Waals surface area contributed by atoms with Crippen LogP contribution in [0.1, 0.15) is 43.7 Å². The molecule has 1 aromatic heterocycles. The van der Waals surface area contributed by atoms with Crippen molar-refractivity contribution in [2.75, 3.05) is 12.3 Å². The molecule has 1 aromatic carbocycles. The van der Waals surface area contributed by atoms with Crippen molar-refractivity contribution in [1.82, 2.24) is 10.3 Å². The van der Waals surface area contributed by atoms with Gasteiger partial charge in [-0.15, -0.1) is 0 Å². The molecule has 1 heterocycles. The average molecular weight is 458 g/mol. The van der Waals surface area contributed by atoms with E-state index in [1.54, 1.807) is 39.0 Å². The third-order valence-corrected chi connectivity index (χ3v) is 4.03. The highest BCUT2D eigenvalue weighted by Gasteiger charge is 2.29. The van der Waals surface area contributed by atoms with Gasteiger partial charge < -0.3 is 20.9 Å². The Bertz CT molecular complexity index is 1070. The number of amides is 1. The van der Waals surface area contributed by atoms with E-state index in [1.807, 2.05) is 13.8 Å². The standard InChI is InChI=1S/C19H25N3O4.H2O4S/c1-10(2)21-18(25)19(4,5)9-26-13-8-6-7-12-15(13)16(20)14(17(23)24)11(3)22-12;1-5(2,3)4/h6-8,10H,9H2,1-5H3,(H2,20,22)(H,21,25)(H,23,24);(H2,1,2,3,4). The fraction of sp³-hybridized carbons (Fsp3) is 0.421. The van der Waals surface area contributed by atoms with Gasteiger partial charge in [0.1, 0.15) is 17.9 Å². The summed E-state index contributed by atoms with van der Waals surface area (Å²) in [5.74, 6) is -0.859. The zero-order valence-electron chi connectivity index (χ0n) is 17.8. The minimum Gasteiger partial charge on any atom is -0.492 e. The first-order valence-corrected chi connectivity index (χ1v) is 10.5. The predicted octanol–water partition coefficient (Wildman–Crippen LogP) is 2.10. The first-order chi connectivity index (χ1) is 14.0. The van der Waals surface area contributed by atoms with E-state index in [4.69, 9.17) is 28.0 Å². The van der Waals surface area contributed by atoms with Crippen molar-refractivity contribution in [3.8, 4) is 5.75 Å². The fourth-order valence-corrected chi connectivity index (χ4v) is 2.61. The van der Waals surface area contributed by atoms with Gasteiger partial charge in [0, 0.05) is 6.04 Å². The molecule has 0 saturated carbocycles.